The number of piperazine rings is 1. The number of piperidine rings is 1. The van der Waals surface area contributed by atoms with Crippen LogP contribution in [0.2, 0.25) is 0 Å². The van der Waals surface area contributed by atoms with Crippen molar-refractivity contribution in [2.45, 2.75) is 52.1 Å². The maximum Gasteiger partial charge on any atom is 0.410 e. The molecule has 2 aliphatic heterocycles. The normalized spacial score (nSPS) is 18.7. The van der Waals surface area contributed by atoms with E-state index in [0.717, 1.165) is 77.6 Å². The zero-order valence-corrected chi connectivity index (χ0v) is 22.8. The van der Waals surface area contributed by atoms with Gasteiger partial charge in [-0.1, -0.05) is 0 Å². The molecule has 2 saturated heterocycles. The third kappa shape index (κ3) is 10.1. The standard InChI is InChI=1S/C22H42N6O3.HI/c1-22(2,3)31-21(30)28-15-13-26(14-16-28)10-6-9-25-20(24-5)27-11-7-18(8-12-27)17-19(29)23-4;/h18H,6-17H2,1-5H3,(H,23,29)(H,24,25);1H. The highest BCUT2D eigenvalue weighted by molar-refractivity contribution is 14.0. The Morgan fingerprint density at radius 1 is 1.03 bits per heavy atom. The number of carbonyl (C=O) groups excluding carboxylic acids is 2. The van der Waals surface area contributed by atoms with Crippen molar-refractivity contribution < 1.29 is 14.3 Å². The summed E-state index contributed by atoms with van der Waals surface area (Å²) in [6.07, 6.45) is 3.49. The molecule has 0 aromatic heterocycles. The summed E-state index contributed by atoms with van der Waals surface area (Å²) >= 11 is 0. The number of likely N-dealkylation sites (tertiary alicyclic amines) is 1. The number of guanidine groups is 1. The van der Waals surface area contributed by atoms with Crippen LogP contribution < -0.4 is 10.6 Å². The van der Waals surface area contributed by atoms with E-state index in [4.69, 9.17) is 4.74 Å². The van der Waals surface area contributed by atoms with Gasteiger partial charge < -0.3 is 25.2 Å². The fourth-order valence-electron chi connectivity index (χ4n) is 4.03. The van der Waals surface area contributed by atoms with Crippen molar-refractivity contribution in [3.8, 4) is 0 Å². The molecular weight excluding hydrogens is 523 g/mol. The summed E-state index contributed by atoms with van der Waals surface area (Å²) in [7, 11) is 3.53. The van der Waals surface area contributed by atoms with Gasteiger partial charge in [-0.2, -0.15) is 0 Å². The van der Waals surface area contributed by atoms with Crippen molar-refractivity contribution in [1.82, 2.24) is 25.3 Å². The minimum absolute atomic E-state index is 0. The molecule has 2 amide bonds. The Morgan fingerprint density at radius 2 is 1.66 bits per heavy atom. The average molecular weight is 567 g/mol. The molecule has 2 heterocycles. The average Bonchev–Trinajstić information content (AvgIpc) is 2.73. The Labute approximate surface area is 210 Å². The van der Waals surface area contributed by atoms with Crippen LogP contribution in [0, 0.1) is 5.92 Å². The molecule has 0 spiro atoms. The molecule has 2 aliphatic rings. The summed E-state index contributed by atoms with van der Waals surface area (Å²) in [5.74, 6) is 1.55. The predicted molar refractivity (Wildman–Crippen MR) is 139 cm³/mol. The van der Waals surface area contributed by atoms with Crippen LogP contribution >= 0.6 is 24.0 Å². The Morgan fingerprint density at radius 3 is 2.19 bits per heavy atom. The fourth-order valence-corrected chi connectivity index (χ4v) is 4.03. The quantitative estimate of drug-likeness (QED) is 0.221. The fraction of sp³-hybridized carbons (Fsp3) is 0.864. The SMILES string of the molecule is CN=C(NCCCN1CCN(C(=O)OC(C)(C)C)CC1)N1CCC(CC(=O)NC)CC1.I. The van der Waals surface area contributed by atoms with Crippen LogP contribution in [0.5, 0.6) is 0 Å². The molecule has 2 fully saturated rings. The summed E-state index contributed by atoms with van der Waals surface area (Å²) in [4.78, 5) is 34.7. The van der Waals surface area contributed by atoms with Crippen LogP contribution in [0.1, 0.15) is 46.5 Å². The first-order valence-electron chi connectivity index (χ1n) is 11.6. The molecule has 0 bridgehead atoms. The van der Waals surface area contributed by atoms with E-state index in [1.807, 2.05) is 27.8 Å². The van der Waals surface area contributed by atoms with Crippen LogP contribution in [-0.4, -0.2) is 105 Å². The number of ether oxygens (including phenoxy) is 1. The van der Waals surface area contributed by atoms with Crippen LogP contribution in [0.3, 0.4) is 0 Å². The number of carbonyl (C=O) groups is 2. The largest absolute Gasteiger partial charge is 0.444 e. The predicted octanol–water partition coefficient (Wildman–Crippen LogP) is 1.97. The second-order valence-corrected chi connectivity index (χ2v) is 9.44. The second kappa shape index (κ2) is 14.1. The van der Waals surface area contributed by atoms with E-state index in [1.165, 1.54) is 0 Å². The molecule has 2 rings (SSSR count). The zero-order chi connectivity index (χ0) is 22.9. The van der Waals surface area contributed by atoms with E-state index in [1.54, 1.807) is 11.9 Å². The maximum atomic E-state index is 12.2. The number of amides is 2. The van der Waals surface area contributed by atoms with Crippen LogP contribution in [0.4, 0.5) is 4.79 Å². The lowest BCUT2D eigenvalue weighted by molar-refractivity contribution is -0.121. The first kappa shape index (κ1) is 28.7. The number of hydrogen-bond donors (Lipinski definition) is 2. The topological polar surface area (TPSA) is 89.5 Å². The van der Waals surface area contributed by atoms with Gasteiger partial charge in [-0.15, -0.1) is 24.0 Å². The van der Waals surface area contributed by atoms with Crippen LogP contribution in [0.15, 0.2) is 4.99 Å². The van der Waals surface area contributed by atoms with E-state index in [9.17, 15) is 9.59 Å². The molecule has 0 saturated carbocycles. The van der Waals surface area contributed by atoms with Gasteiger partial charge in [0.2, 0.25) is 5.91 Å². The van der Waals surface area contributed by atoms with Crippen LogP contribution in [0.25, 0.3) is 0 Å². The van der Waals surface area contributed by atoms with Crippen molar-refractivity contribution in [1.29, 1.82) is 0 Å². The lowest BCUT2D eigenvalue weighted by Crippen LogP contribution is -2.50. The van der Waals surface area contributed by atoms with Gasteiger partial charge in [0.15, 0.2) is 5.96 Å². The Hall–Kier alpha value is -1.30. The van der Waals surface area contributed by atoms with Gasteiger partial charge in [-0.3, -0.25) is 14.7 Å². The van der Waals surface area contributed by atoms with E-state index < -0.39 is 5.60 Å². The molecule has 32 heavy (non-hydrogen) atoms. The Kier molecular flexibility index (Phi) is 12.6. The number of halogens is 1. The van der Waals surface area contributed by atoms with Crippen molar-refractivity contribution >= 4 is 41.9 Å². The van der Waals surface area contributed by atoms with E-state index in [2.05, 4.69) is 25.4 Å². The zero-order valence-electron chi connectivity index (χ0n) is 20.5. The smallest absolute Gasteiger partial charge is 0.410 e. The minimum atomic E-state index is -0.447. The minimum Gasteiger partial charge on any atom is -0.444 e. The number of rotatable bonds is 6. The van der Waals surface area contributed by atoms with Crippen LogP contribution in [-0.2, 0) is 9.53 Å². The van der Waals surface area contributed by atoms with Gasteiger partial charge in [-0.25, -0.2) is 4.79 Å². The first-order chi connectivity index (χ1) is 14.7. The molecule has 10 heteroatoms. The van der Waals surface area contributed by atoms with Gasteiger partial charge >= 0.3 is 6.09 Å². The Balaban J connectivity index is 0.00000512. The maximum absolute atomic E-state index is 12.2. The molecule has 2 N–H and O–H groups in total. The van der Waals surface area contributed by atoms with Crippen molar-refractivity contribution in [3.05, 3.63) is 0 Å². The highest BCUT2D eigenvalue weighted by Gasteiger charge is 2.26. The number of nitrogens with one attached hydrogen (secondary N) is 2. The lowest BCUT2D eigenvalue weighted by atomic mass is 9.93. The van der Waals surface area contributed by atoms with Gasteiger partial charge in [0, 0.05) is 66.3 Å². The number of nitrogens with zero attached hydrogens (tertiary/aromatic N) is 4. The molecule has 0 radical (unpaired) electrons. The summed E-state index contributed by atoms with van der Waals surface area (Å²) in [5, 5.41) is 6.20. The highest BCUT2D eigenvalue weighted by atomic mass is 127. The molecule has 186 valence electrons. The van der Waals surface area contributed by atoms with Gasteiger partial charge in [0.05, 0.1) is 0 Å². The molecule has 0 aromatic rings. The highest BCUT2D eigenvalue weighted by Crippen LogP contribution is 2.20. The van der Waals surface area contributed by atoms with E-state index in [-0.39, 0.29) is 36.0 Å². The number of hydrogen-bond acceptors (Lipinski definition) is 5. The third-order valence-corrected chi connectivity index (χ3v) is 5.84. The van der Waals surface area contributed by atoms with E-state index in [0.29, 0.717) is 12.3 Å². The summed E-state index contributed by atoms with van der Waals surface area (Å²) < 4.78 is 5.46. The first-order valence-corrected chi connectivity index (χ1v) is 11.6. The molecule has 0 aromatic carbocycles. The third-order valence-electron chi connectivity index (χ3n) is 5.84. The molecular formula is C22H43IN6O3. The lowest BCUT2D eigenvalue weighted by Gasteiger charge is -2.36. The van der Waals surface area contributed by atoms with Gasteiger partial charge in [0.25, 0.3) is 0 Å². The van der Waals surface area contributed by atoms with Crippen molar-refractivity contribution in [2.24, 2.45) is 10.9 Å². The molecule has 0 atom stereocenters. The van der Waals surface area contributed by atoms with Crippen molar-refractivity contribution in [2.75, 3.05) is 66.5 Å². The molecule has 0 aliphatic carbocycles. The second-order valence-electron chi connectivity index (χ2n) is 9.44. The van der Waals surface area contributed by atoms with Gasteiger partial charge in [-0.05, 0) is 52.5 Å². The summed E-state index contributed by atoms with van der Waals surface area (Å²) in [6.45, 7) is 12.6. The summed E-state index contributed by atoms with van der Waals surface area (Å²) in [6, 6.07) is 0. The molecule has 9 nitrogen and oxygen atoms in total. The summed E-state index contributed by atoms with van der Waals surface area (Å²) in [5.41, 5.74) is -0.447. The van der Waals surface area contributed by atoms with Gasteiger partial charge in [0.1, 0.15) is 5.60 Å². The number of aliphatic imine (C=N–C) groups is 1. The van der Waals surface area contributed by atoms with Crippen molar-refractivity contribution in [3.63, 3.8) is 0 Å². The monoisotopic (exact) mass is 566 g/mol. The van der Waals surface area contributed by atoms with E-state index >= 15 is 0 Å². The molecule has 0 unspecified atom stereocenters. The Bertz CT molecular complexity index is 609.